The van der Waals surface area contributed by atoms with Crippen LogP contribution in [0.5, 0.6) is 11.5 Å². The van der Waals surface area contributed by atoms with Crippen molar-refractivity contribution in [3.63, 3.8) is 0 Å². The summed E-state index contributed by atoms with van der Waals surface area (Å²) in [4.78, 5) is 19.8. The summed E-state index contributed by atoms with van der Waals surface area (Å²) in [7, 11) is 1.66. The molecule has 0 aliphatic carbocycles. The number of hydrogen-bond acceptors (Lipinski definition) is 5. The van der Waals surface area contributed by atoms with E-state index in [1.807, 2.05) is 41.3 Å². The second-order valence-corrected chi connectivity index (χ2v) is 8.94. The smallest absolute Gasteiger partial charge is 0.247 e. The number of carbonyl (C=O) groups is 1. The largest absolute Gasteiger partial charge is 0.496 e. The van der Waals surface area contributed by atoms with Crippen LogP contribution >= 0.6 is 11.3 Å². The van der Waals surface area contributed by atoms with Crippen LogP contribution in [0.1, 0.15) is 41.9 Å². The van der Waals surface area contributed by atoms with E-state index in [1.54, 1.807) is 24.5 Å². The molecular weight excluding hydrogens is 396 g/mol. The van der Waals surface area contributed by atoms with E-state index in [0.29, 0.717) is 0 Å². The van der Waals surface area contributed by atoms with Crippen molar-refractivity contribution in [3.8, 4) is 11.5 Å². The lowest BCUT2D eigenvalue weighted by molar-refractivity contribution is -0.126. The minimum Gasteiger partial charge on any atom is -0.496 e. The Morgan fingerprint density at radius 2 is 2.20 bits per heavy atom. The summed E-state index contributed by atoms with van der Waals surface area (Å²) in [5.41, 5.74) is 3.01. The fourth-order valence-corrected chi connectivity index (χ4v) is 5.45. The molecule has 0 spiro atoms. The highest BCUT2D eigenvalue weighted by molar-refractivity contribution is 7.18. The first-order valence-electron chi connectivity index (χ1n) is 10.3. The van der Waals surface area contributed by atoms with Gasteiger partial charge in [-0.05, 0) is 50.1 Å². The molecule has 5 nitrogen and oxygen atoms in total. The molecule has 0 unspecified atom stereocenters. The van der Waals surface area contributed by atoms with Gasteiger partial charge in [-0.3, -0.25) is 4.79 Å². The minimum absolute atomic E-state index is 0.00796. The number of benzene rings is 2. The number of aromatic nitrogens is 1. The molecule has 0 N–H and O–H groups in total. The zero-order chi connectivity index (χ0) is 20.7. The third kappa shape index (κ3) is 3.45. The number of rotatable bonds is 4. The predicted octanol–water partition coefficient (Wildman–Crippen LogP) is 5.01. The molecule has 2 aliphatic rings. The summed E-state index contributed by atoms with van der Waals surface area (Å²) in [6.07, 6.45) is 6.48. The average Bonchev–Trinajstić information content (AvgIpc) is 3.47. The summed E-state index contributed by atoms with van der Waals surface area (Å²) in [5, 5.41) is 1.02. The minimum atomic E-state index is 0.00796. The predicted molar refractivity (Wildman–Crippen MR) is 119 cm³/mol. The zero-order valence-corrected chi connectivity index (χ0v) is 17.9. The van der Waals surface area contributed by atoms with E-state index in [9.17, 15) is 4.79 Å². The van der Waals surface area contributed by atoms with Gasteiger partial charge in [-0.15, -0.1) is 11.3 Å². The molecule has 154 valence electrons. The van der Waals surface area contributed by atoms with Crippen molar-refractivity contribution in [2.75, 3.05) is 13.7 Å². The first-order chi connectivity index (χ1) is 14.6. The SMILES string of the molecule is COc1cc2c(cc1/C=C/C(=O)N1CCC[C@@H]1c1nc3ccccc3s1)O[C@H](C)C2. The first kappa shape index (κ1) is 19.1. The quantitative estimate of drug-likeness (QED) is 0.557. The third-order valence-corrected chi connectivity index (χ3v) is 6.92. The highest BCUT2D eigenvalue weighted by atomic mass is 32.1. The van der Waals surface area contributed by atoms with Gasteiger partial charge in [0.15, 0.2) is 0 Å². The van der Waals surface area contributed by atoms with Crippen molar-refractivity contribution in [2.45, 2.75) is 38.3 Å². The Bertz CT molecular complexity index is 1100. The number of nitrogens with zero attached hydrogens (tertiary/aromatic N) is 2. The van der Waals surface area contributed by atoms with Gasteiger partial charge in [0, 0.05) is 30.2 Å². The molecule has 2 atom stereocenters. The summed E-state index contributed by atoms with van der Waals surface area (Å²) in [6.45, 7) is 2.81. The number of likely N-dealkylation sites (tertiary alicyclic amines) is 1. The van der Waals surface area contributed by atoms with Crippen LogP contribution in [0.2, 0.25) is 0 Å². The number of fused-ring (bicyclic) bond motifs is 2. The molecule has 2 aliphatic heterocycles. The van der Waals surface area contributed by atoms with Crippen molar-refractivity contribution >= 4 is 33.5 Å². The van der Waals surface area contributed by atoms with Crippen LogP contribution in [0.4, 0.5) is 0 Å². The van der Waals surface area contributed by atoms with Gasteiger partial charge in [0.05, 0.1) is 23.4 Å². The standard InChI is InChI=1S/C24H24N2O3S/c1-15-12-17-14-20(28-2)16(13-21(17)29-15)9-10-23(27)26-11-5-7-19(26)24-25-18-6-3-4-8-22(18)30-24/h3-4,6,8-10,13-15,19H,5,7,11-12H2,1-2H3/b10-9+/t15-,19-/m1/s1. The van der Waals surface area contributed by atoms with Gasteiger partial charge in [-0.1, -0.05) is 12.1 Å². The monoisotopic (exact) mass is 420 g/mol. The van der Waals surface area contributed by atoms with Gasteiger partial charge in [0.2, 0.25) is 5.91 Å². The van der Waals surface area contributed by atoms with Crippen molar-refractivity contribution in [3.05, 3.63) is 58.6 Å². The van der Waals surface area contributed by atoms with Gasteiger partial charge in [0.1, 0.15) is 22.6 Å². The Morgan fingerprint density at radius 3 is 3.03 bits per heavy atom. The second kappa shape index (κ2) is 7.76. The number of carbonyl (C=O) groups excluding carboxylic acids is 1. The Kier molecular flexibility index (Phi) is 4.95. The molecule has 0 saturated carbocycles. The van der Waals surface area contributed by atoms with Crippen LogP contribution in [0.3, 0.4) is 0 Å². The molecule has 0 bridgehead atoms. The van der Waals surface area contributed by atoms with Crippen LogP contribution in [0.15, 0.2) is 42.5 Å². The highest BCUT2D eigenvalue weighted by Crippen LogP contribution is 2.38. The first-order valence-corrected chi connectivity index (χ1v) is 11.2. The molecule has 0 radical (unpaired) electrons. The molecule has 3 aromatic rings. The van der Waals surface area contributed by atoms with Crippen molar-refractivity contribution in [1.29, 1.82) is 0 Å². The van der Waals surface area contributed by atoms with Gasteiger partial charge in [-0.25, -0.2) is 4.98 Å². The number of thiazole rings is 1. The average molecular weight is 421 g/mol. The Balaban J connectivity index is 1.38. The zero-order valence-electron chi connectivity index (χ0n) is 17.1. The number of methoxy groups -OCH3 is 1. The van der Waals surface area contributed by atoms with E-state index in [-0.39, 0.29) is 18.1 Å². The maximum Gasteiger partial charge on any atom is 0.247 e. The fraction of sp³-hybridized carbons (Fsp3) is 0.333. The molecule has 1 saturated heterocycles. The van der Waals surface area contributed by atoms with Gasteiger partial charge < -0.3 is 14.4 Å². The Morgan fingerprint density at radius 1 is 1.33 bits per heavy atom. The van der Waals surface area contributed by atoms with Gasteiger partial charge in [0.25, 0.3) is 0 Å². The second-order valence-electron chi connectivity index (χ2n) is 7.88. The maximum absolute atomic E-state index is 13.0. The molecule has 5 rings (SSSR count). The molecule has 2 aromatic carbocycles. The molecule has 1 amide bonds. The maximum atomic E-state index is 13.0. The molecule has 1 fully saturated rings. The van der Waals surface area contributed by atoms with E-state index >= 15 is 0 Å². The molecule has 6 heteroatoms. The Labute approximate surface area is 179 Å². The van der Waals surface area contributed by atoms with Gasteiger partial charge in [-0.2, -0.15) is 0 Å². The van der Waals surface area contributed by atoms with Crippen LogP contribution in [-0.2, 0) is 11.2 Å². The van der Waals surface area contributed by atoms with Crippen molar-refractivity contribution < 1.29 is 14.3 Å². The van der Waals surface area contributed by atoms with Crippen molar-refractivity contribution in [2.24, 2.45) is 0 Å². The number of ether oxygens (including phenoxy) is 2. The third-order valence-electron chi connectivity index (χ3n) is 5.79. The summed E-state index contributed by atoms with van der Waals surface area (Å²) in [5.74, 6) is 1.65. The summed E-state index contributed by atoms with van der Waals surface area (Å²) in [6, 6.07) is 12.2. The summed E-state index contributed by atoms with van der Waals surface area (Å²) >= 11 is 1.68. The lowest BCUT2D eigenvalue weighted by atomic mass is 10.1. The van der Waals surface area contributed by atoms with E-state index in [2.05, 4.69) is 13.0 Å². The molecule has 30 heavy (non-hydrogen) atoms. The van der Waals surface area contributed by atoms with Crippen LogP contribution in [0, 0.1) is 0 Å². The van der Waals surface area contributed by atoms with Crippen LogP contribution in [0.25, 0.3) is 16.3 Å². The van der Waals surface area contributed by atoms with Crippen LogP contribution in [-0.4, -0.2) is 35.5 Å². The van der Waals surface area contributed by atoms with E-state index < -0.39 is 0 Å². The molecule has 1 aromatic heterocycles. The van der Waals surface area contributed by atoms with Gasteiger partial charge >= 0.3 is 0 Å². The van der Waals surface area contributed by atoms with Crippen molar-refractivity contribution in [1.82, 2.24) is 9.88 Å². The molecular formula is C24H24N2O3S. The van der Waals surface area contributed by atoms with E-state index in [1.165, 1.54) is 4.70 Å². The fourth-order valence-electron chi connectivity index (χ4n) is 4.34. The van der Waals surface area contributed by atoms with E-state index in [4.69, 9.17) is 14.5 Å². The Hall–Kier alpha value is -2.86. The lowest BCUT2D eigenvalue weighted by Gasteiger charge is -2.21. The number of para-hydroxylation sites is 1. The highest BCUT2D eigenvalue weighted by Gasteiger charge is 2.31. The number of amides is 1. The van der Waals surface area contributed by atoms with E-state index in [0.717, 1.165) is 59.0 Å². The normalized spacial score (nSPS) is 20.7. The number of hydrogen-bond donors (Lipinski definition) is 0. The summed E-state index contributed by atoms with van der Waals surface area (Å²) < 4.78 is 12.6. The van der Waals surface area contributed by atoms with Crippen LogP contribution < -0.4 is 9.47 Å². The topological polar surface area (TPSA) is 51.7 Å². The molecule has 3 heterocycles. The lowest BCUT2D eigenvalue weighted by Crippen LogP contribution is -2.28.